The second kappa shape index (κ2) is 7.51. The Morgan fingerprint density at radius 3 is 2.66 bits per heavy atom. The summed E-state index contributed by atoms with van der Waals surface area (Å²) in [6.07, 6.45) is 2.29. The van der Waals surface area contributed by atoms with Gasteiger partial charge in [-0.3, -0.25) is 4.79 Å². The Morgan fingerprint density at radius 1 is 1.34 bits per heavy atom. The summed E-state index contributed by atoms with van der Waals surface area (Å²) >= 11 is 0. The average Bonchev–Trinajstić information content (AvgIpc) is 2.93. The number of aromatic nitrogens is 2. The predicted octanol–water partition coefficient (Wildman–Crippen LogP) is 1.81. The minimum Gasteiger partial charge on any atom is -0.481 e. The number of nitrogens with two attached hydrogens (primary N) is 1. The van der Waals surface area contributed by atoms with E-state index in [-0.39, 0.29) is 21.8 Å². The number of ether oxygens (including phenoxy) is 1. The molecule has 10 heteroatoms. The number of nitrogens with zero attached hydrogens (tertiary/aromatic N) is 3. The number of carbonyl (C=O) groups is 1. The van der Waals surface area contributed by atoms with E-state index in [0.29, 0.717) is 24.2 Å². The fourth-order valence-electron chi connectivity index (χ4n) is 3.75. The molecule has 1 saturated heterocycles. The molecule has 1 fully saturated rings. The lowest BCUT2D eigenvalue weighted by Crippen LogP contribution is -2.41. The molecule has 0 aromatic carbocycles. The number of pyridine rings is 2. The molecule has 0 spiro atoms. The number of hydrogen-bond acceptors (Lipinski definition) is 8. The molecule has 0 bridgehead atoms. The van der Waals surface area contributed by atoms with Crippen molar-refractivity contribution in [2.75, 3.05) is 24.3 Å². The lowest BCUT2D eigenvalue weighted by molar-refractivity contribution is 0.0981. The Hall–Kier alpha value is -2.88. The standard InChI is InChI=1S/C19H25N5O4S/c1-12-10-19(2,3)24(11-12)17-13(7-8-15(22-17)28-4)18(25)23-29(26,27)14-6-5-9-21-16(14)20/h5-9,12H,10-11H2,1-4H3,(H2,20,21)(H,23,25). The number of nitrogens with one attached hydrogen (secondary N) is 1. The van der Waals surface area contributed by atoms with Crippen LogP contribution in [0.2, 0.25) is 0 Å². The van der Waals surface area contributed by atoms with Gasteiger partial charge in [-0.2, -0.15) is 4.98 Å². The highest BCUT2D eigenvalue weighted by Crippen LogP contribution is 2.38. The van der Waals surface area contributed by atoms with Gasteiger partial charge in [0.25, 0.3) is 15.9 Å². The molecular weight excluding hydrogens is 394 g/mol. The molecule has 2 aromatic heterocycles. The van der Waals surface area contributed by atoms with Gasteiger partial charge in [0, 0.05) is 24.3 Å². The molecule has 3 heterocycles. The zero-order valence-corrected chi connectivity index (χ0v) is 17.7. The summed E-state index contributed by atoms with van der Waals surface area (Å²) in [6, 6.07) is 5.76. The van der Waals surface area contributed by atoms with Crippen LogP contribution in [-0.2, 0) is 10.0 Å². The monoisotopic (exact) mass is 419 g/mol. The van der Waals surface area contributed by atoms with Gasteiger partial charge in [-0.1, -0.05) is 6.92 Å². The molecule has 3 N–H and O–H groups in total. The molecule has 0 radical (unpaired) electrons. The van der Waals surface area contributed by atoms with Crippen molar-refractivity contribution < 1.29 is 17.9 Å². The van der Waals surface area contributed by atoms with E-state index in [0.717, 1.165) is 6.42 Å². The maximum atomic E-state index is 13.0. The maximum Gasteiger partial charge on any atom is 0.268 e. The Morgan fingerprint density at radius 2 is 2.07 bits per heavy atom. The van der Waals surface area contributed by atoms with Gasteiger partial charge in [0.1, 0.15) is 16.5 Å². The number of carbonyl (C=O) groups excluding carboxylic acids is 1. The highest BCUT2D eigenvalue weighted by molar-refractivity contribution is 7.90. The van der Waals surface area contributed by atoms with Crippen LogP contribution in [0.3, 0.4) is 0 Å². The highest BCUT2D eigenvalue weighted by Gasteiger charge is 2.39. The van der Waals surface area contributed by atoms with E-state index in [1.807, 2.05) is 4.90 Å². The van der Waals surface area contributed by atoms with Crippen molar-refractivity contribution in [3.63, 3.8) is 0 Å². The summed E-state index contributed by atoms with van der Waals surface area (Å²) in [5, 5.41) is 0. The molecule has 29 heavy (non-hydrogen) atoms. The van der Waals surface area contributed by atoms with Crippen LogP contribution in [0.4, 0.5) is 11.6 Å². The Bertz CT molecular complexity index is 1040. The van der Waals surface area contributed by atoms with Gasteiger partial charge in [-0.15, -0.1) is 0 Å². The zero-order chi connectivity index (χ0) is 21.4. The molecule has 1 unspecified atom stereocenters. The zero-order valence-electron chi connectivity index (χ0n) is 16.8. The van der Waals surface area contributed by atoms with Crippen LogP contribution in [0.25, 0.3) is 0 Å². The van der Waals surface area contributed by atoms with Crippen LogP contribution in [0, 0.1) is 5.92 Å². The first-order valence-corrected chi connectivity index (χ1v) is 10.6. The van der Waals surface area contributed by atoms with Crippen LogP contribution in [-0.4, -0.2) is 43.5 Å². The van der Waals surface area contributed by atoms with Gasteiger partial charge < -0.3 is 15.4 Å². The van der Waals surface area contributed by atoms with Crippen LogP contribution in [0.5, 0.6) is 5.88 Å². The maximum absolute atomic E-state index is 13.0. The predicted molar refractivity (Wildman–Crippen MR) is 109 cm³/mol. The molecule has 1 aliphatic heterocycles. The van der Waals surface area contributed by atoms with Gasteiger partial charge >= 0.3 is 0 Å². The van der Waals surface area contributed by atoms with Crippen molar-refractivity contribution in [1.82, 2.24) is 14.7 Å². The molecule has 1 amide bonds. The molecule has 0 aliphatic carbocycles. The Balaban J connectivity index is 2.00. The number of sulfonamides is 1. The van der Waals surface area contributed by atoms with E-state index < -0.39 is 15.9 Å². The SMILES string of the molecule is COc1ccc(C(=O)NS(=O)(=O)c2cccnc2N)c(N2CC(C)CC2(C)C)n1. The van der Waals surface area contributed by atoms with E-state index in [1.54, 1.807) is 0 Å². The summed E-state index contributed by atoms with van der Waals surface area (Å²) in [5.74, 6) is 0.133. The normalized spacial score (nSPS) is 18.5. The molecule has 0 saturated carbocycles. The number of methoxy groups -OCH3 is 1. The van der Waals surface area contributed by atoms with Crippen LogP contribution < -0.4 is 20.1 Å². The minimum atomic E-state index is -4.20. The molecular formula is C19H25N5O4S. The van der Waals surface area contributed by atoms with Crippen molar-refractivity contribution >= 4 is 27.6 Å². The first kappa shape index (κ1) is 20.8. The third-order valence-electron chi connectivity index (χ3n) is 4.95. The second-order valence-corrected chi connectivity index (χ2v) is 9.43. The quantitative estimate of drug-likeness (QED) is 0.751. The van der Waals surface area contributed by atoms with Gasteiger partial charge in [-0.05, 0) is 44.4 Å². The van der Waals surface area contributed by atoms with Gasteiger partial charge in [0.2, 0.25) is 5.88 Å². The van der Waals surface area contributed by atoms with Gasteiger partial charge in [0.15, 0.2) is 0 Å². The van der Waals surface area contributed by atoms with E-state index >= 15 is 0 Å². The minimum absolute atomic E-state index is 0.138. The largest absolute Gasteiger partial charge is 0.481 e. The van der Waals surface area contributed by atoms with Crippen molar-refractivity contribution in [2.24, 2.45) is 5.92 Å². The van der Waals surface area contributed by atoms with Gasteiger partial charge in [-0.25, -0.2) is 18.1 Å². The van der Waals surface area contributed by atoms with E-state index in [4.69, 9.17) is 10.5 Å². The summed E-state index contributed by atoms with van der Waals surface area (Å²) in [6.45, 7) is 6.94. The van der Waals surface area contributed by atoms with Crippen molar-refractivity contribution in [2.45, 2.75) is 37.6 Å². The number of amides is 1. The third-order valence-corrected chi connectivity index (χ3v) is 6.33. The van der Waals surface area contributed by atoms with Crippen LogP contribution >= 0.6 is 0 Å². The summed E-state index contributed by atoms with van der Waals surface area (Å²) in [7, 11) is -2.71. The highest BCUT2D eigenvalue weighted by atomic mass is 32.2. The topological polar surface area (TPSA) is 128 Å². The smallest absolute Gasteiger partial charge is 0.268 e. The third kappa shape index (κ3) is 4.12. The summed E-state index contributed by atoms with van der Waals surface area (Å²) < 4.78 is 32.6. The van der Waals surface area contributed by atoms with Gasteiger partial charge in [0.05, 0.1) is 12.7 Å². The fourth-order valence-corrected chi connectivity index (χ4v) is 4.80. The summed E-state index contributed by atoms with van der Waals surface area (Å²) in [5.41, 5.74) is 5.55. The van der Waals surface area contributed by atoms with Crippen LogP contribution in [0.1, 0.15) is 37.6 Å². The number of anilines is 2. The van der Waals surface area contributed by atoms with Crippen LogP contribution in [0.15, 0.2) is 35.4 Å². The van der Waals surface area contributed by atoms with E-state index in [1.165, 1.54) is 37.6 Å². The van der Waals surface area contributed by atoms with E-state index in [9.17, 15) is 13.2 Å². The average molecular weight is 420 g/mol. The molecule has 1 atom stereocenters. The number of nitrogen functional groups attached to an aromatic ring is 1. The molecule has 156 valence electrons. The number of rotatable bonds is 5. The first-order valence-electron chi connectivity index (χ1n) is 9.15. The molecule has 2 aromatic rings. The van der Waals surface area contributed by atoms with Crippen molar-refractivity contribution in [1.29, 1.82) is 0 Å². The summed E-state index contributed by atoms with van der Waals surface area (Å²) in [4.78, 5) is 22.9. The second-order valence-electron chi connectivity index (χ2n) is 7.78. The molecule has 3 rings (SSSR count). The molecule has 9 nitrogen and oxygen atoms in total. The van der Waals surface area contributed by atoms with E-state index in [2.05, 4.69) is 35.5 Å². The lowest BCUT2D eigenvalue weighted by Gasteiger charge is -2.33. The molecule has 1 aliphatic rings. The van der Waals surface area contributed by atoms with Crippen molar-refractivity contribution in [3.8, 4) is 5.88 Å². The Kier molecular flexibility index (Phi) is 5.40. The van der Waals surface area contributed by atoms with Crippen molar-refractivity contribution in [3.05, 3.63) is 36.0 Å². The first-order chi connectivity index (χ1) is 13.5. The Labute approximate surface area is 170 Å². The number of hydrogen-bond donors (Lipinski definition) is 2. The fraction of sp³-hybridized carbons (Fsp3) is 0.421. The lowest BCUT2D eigenvalue weighted by atomic mass is 9.97.